The first kappa shape index (κ1) is 78.9. The van der Waals surface area contributed by atoms with E-state index in [9.17, 15) is 67.7 Å². The molecule has 0 saturated heterocycles. The van der Waals surface area contributed by atoms with E-state index in [0.717, 1.165) is 21.7 Å². The molecule has 108 heavy (non-hydrogen) atoms. The van der Waals surface area contributed by atoms with Gasteiger partial charge in [0.05, 0.1) is 54.2 Å². The summed E-state index contributed by atoms with van der Waals surface area (Å²) >= 11 is 6.50. The van der Waals surface area contributed by atoms with Crippen molar-refractivity contribution in [1.82, 2.24) is 56.5 Å². The lowest BCUT2D eigenvalue weighted by Crippen LogP contribution is -2.47. The van der Waals surface area contributed by atoms with Crippen molar-refractivity contribution in [2.75, 3.05) is 60.0 Å². The van der Waals surface area contributed by atoms with Crippen molar-refractivity contribution in [3.8, 4) is 5.75 Å². The Labute approximate surface area is 629 Å². The molecule has 0 spiro atoms. The molecule has 0 bridgehead atoms. The summed E-state index contributed by atoms with van der Waals surface area (Å²) in [6, 6.07) is 27.2. The molecule has 1 aliphatic heterocycles. The highest BCUT2D eigenvalue weighted by molar-refractivity contribution is 8.76. The summed E-state index contributed by atoms with van der Waals surface area (Å²) < 4.78 is 5.63. The van der Waals surface area contributed by atoms with Crippen molar-refractivity contribution < 1.29 is 67.7 Å². The van der Waals surface area contributed by atoms with Crippen molar-refractivity contribution in [1.29, 1.82) is 5.41 Å². The molecule has 564 valence electrons. The molecule has 9 aromatic rings. The lowest BCUT2D eigenvalue weighted by atomic mass is 9.92. The summed E-state index contributed by atoms with van der Waals surface area (Å²) in [5, 5.41) is 46.4. The molecule has 5 amide bonds. The van der Waals surface area contributed by atoms with E-state index in [4.69, 9.17) is 33.2 Å². The number of nitrogens with two attached hydrogens (primary N) is 2. The van der Waals surface area contributed by atoms with Crippen molar-refractivity contribution in [2.24, 2.45) is 17.6 Å². The van der Waals surface area contributed by atoms with Crippen LogP contribution in [0.5, 0.6) is 5.75 Å². The van der Waals surface area contributed by atoms with Crippen LogP contribution in [0.4, 0.5) is 22.1 Å². The number of H-pyrrole nitrogens is 3. The van der Waals surface area contributed by atoms with E-state index < -0.39 is 96.1 Å². The van der Waals surface area contributed by atoms with E-state index in [2.05, 4.69) is 61.8 Å². The number of nitrogen functional groups attached to an aromatic ring is 1. The number of fused-ring (bicyclic) bond motifs is 6. The van der Waals surface area contributed by atoms with Crippen molar-refractivity contribution >= 4 is 165 Å². The fourth-order valence-corrected chi connectivity index (χ4v) is 15.1. The average Bonchev–Trinajstić information content (AvgIpc) is 1.57. The number of nitrogens with zero attached hydrogens (tertiary/aromatic N) is 4. The minimum Gasteiger partial charge on any atom is -0.481 e. The number of carboxylic acids is 2. The number of carbonyl (C=O) groups excluding carboxylic acids is 9. The zero-order chi connectivity index (χ0) is 77.3. The molecule has 0 aliphatic carbocycles. The van der Waals surface area contributed by atoms with Gasteiger partial charge >= 0.3 is 18.0 Å². The first-order valence-electron chi connectivity index (χ1n) is 34.5. The number of alkyl halides is 1. The monoisotopic (exact) mass is 1530 g/mol. The van der Waals surface area contributed by atoms with Crippen molar-refractivity contribution in [2.45, 2.75) is 95.7 Å². The number of benzene rings is 5. The zero-order valence-electron chi connectivity index (χ0n) is 58.6. The number of guanidine groups is 1. The van der Waals surface area contributed by atoms with Crippen LogP contribution in [-0.4, -0.2) is 167 Å². The van der Waals surface area contributed by atoms with Crippen LogP contribution >= 0.6 is 33.2 Å². The second kappa shape index (κ2) is 36.5. The number of carbonyl (C=O) groups is 11. The van der Waals surface area contributed by atoms with E-state index in [1.807, 2.05) is 48.5 Å². The number of halogens is 1. The Hall–Kier alpha value is -11.7. The topological polar surface area (TPSA) is 492 Å². The predicted molar refractivity (Wildman–Crippen MR) is 410 cm³/mol. The van der Waals surface area contributed by atoms with Gasteiger partial charge < -0.3 is 73.2 Å². The summed E-state index contributed by atoms with van der Waals surface area (Å²) in [6.07, 6.45) is -0.711. The highest BCUT2D eigenvalue weighted by atomic mass is 35.5. The summed E-state index contributed by atoms with van der Waals surface area (Å²) in [4.78, 5) is 180. The number of rotatable bonds is 38. The Bertz CT molecular complexity index is 5030. The number of aromatic nitrogens is 6. The fraction of sp³-hybridized carbons (Fsp3) is 0.324. The largest absolute Gasteiger partial charge is 0.481 e. The highest BCUT2D eigenvalue weighted by Crippen LogP contribution is 2.46. The number of ether oxygens (including phenoxy) is 1. The zero-order valence-corrected chi connectivity index (χ0v) is 61.0. The molecule has 5 heterocycles. The Morgan fingerprint density at radius 3 is 2.15 bits per heavy atom. The van der Waals surface area contributed by atoms with Gasteiger partial charge in [-0.05, 0) is 109 Å². The molecule has 1 unspecified atom stereocenters. The molecular formula is C74H79ClN16O15S2. The van der Waals surface area contributed by atoms with E-state index in [1.165, 1.54) is 31.0 Å². The lowest BCUT2D eigenvalue weighted by molar-refractivity contribution is -0.144. The van der Waals surface area contributed by atoms with Crippen LogP contribution in [0.1, 0.15) is 118 Å². The maximum atomic E-state index is 14.3. The summed E-state index contributed by atoms with van der Waals surface area (Å²) in [6.45, 7) is 2.14. The third-order valence-electron chi connectivity index (χ3n) is 18.0. The molecule has 4 aromatic heterocycles. The van der Waals surface area contributed by atoms with Gasteiger partial charge in [0.2, 0.25) is 17.8 Å². The molecule has 5 atom stereocenters. The predicted octanol–water partition coefficient (Wildman–Crippen LogP) is 7.21. The Morgan fingerprint density at radius 1 is 0.769 bits per heavy atom. The number of ketones is 4. The quantitative estimate of drug-likeness (QED) is 0.00454. The van der Waals surface area contributed by atoms with Gasteiger partial charge in [-0.1, -0.05) is 58.0 Å². The molecule has 0 fully saturated rings. The number of aliphatic carboxylic acids is 2. The summed E-state index contributed by atoms with van der Waals surface area (Å²) in [5.41, 5.74) is 17.0. The number of anilines is 3. The Morgan fingerprint density at radius 2 is 1.45 bits per heavy atom. The van der Waals surface area contributed by atoms with Crippen molar-refractivity contribution in [3.63, 3.8) is 0 Å². The Balaban J connectivity index is 0.649. The van der Waals surface area contributed by atoms with Gasteiger partial charge in [-0.25, -0.2) is 14.8 Å². The molecule has 0 saturated carbocycles. The molecule has 31 nitrogen and oxygen atoms in total. The van der Waals surface area contributed by atoms with Crippen LogP contribution in [0.15, 0.2) is 114 Å². The van der Waals surface area contributed by atoms with Crippen LogP contribution in [-0.2, 0) is 52.9 Å². The number of nitrogens with one attached hydrogen (secondary N) is 10. The molecule has 34 heteroatoms. The highest BCUT2D eigenvalue weighted by Gasteiger charge is 2.37. The van der Waals surface area contributed by atoms with E-state index >= 15 is 0 Å². The van der Waals surface area contributed by atoms with Crippen LogP contribution < -0.4 is 58.6 Å². The summed E-state index contributed by atoms with van der Waals surface area (Å²) in [7, 11) is 3.78. The molecule has 5 aromatic carbocycles. The number of amides is 5. The first-order valence-corrected chi connectivity index (χ1v) is 37.5. The average molecular weight is 1530 g/mol. The van der Waals surface area contributed by atoms with Crippen molar-refractivity contribution in [3.05, 3.63) is 159 Å². The molecule has 0 radical (unpaired) electrons. The fourth-order valence-electron chi connectivity index (χ4n) is 12.5. The number of Topliss-reactive ketones (excluding diaryl/α,β-unsaturated/α-hetero) is 4. The van der Waals surface area contributed by atoms with Gasteiger partial charge in [0, 0.05) is 139 Å². The normalized spacial score (nSPS) is 13.6. The van der Waals surface area contributed by atoms with Crippen LogP contribution in [0.3, 0.4) is 0 Å². The standard InChI is InChI=1S/C74H79ClN16O15S2/c1-38(84-62(96)10-6-20-80-67(99)41-13-15-47(16-14-41)82-34-48-35-83-66-65(85-48)69(101)90-73(78)89-66)58(93)29-42(7-5-21-81-72(76)77)68(100)88-55(31-63(97)98)60(95)30-45(71(103)104)37-108-107-22-19-49(92)25-39-11-17-52-43(23-39)27-54(86-52)59(94)26-40-12-18-53-44(24-40)28-56(87-53)70(102)91-36-46(33-75)64-51-9-4-3-8-50(51)61(32-57(64)91)106-74(105)79-2/h3-4,8-9,11-18,23-24,27-28,32,35,38,42,45-46,55,82,86-87H,5-7,10,19-22,25-26,29-31,33-34,36-37H2,1-2H3,(H,79,105)(H,80,99)(H,84,96)(H,88,100)(H,97,98)(H,103,104)(H4,76,77,81)(H3,78,83,89,90,101)/t38-,42+,45-,46?,55-/m0/s1. The SMILES string of the molecule is CNC(=O)Oc1cc2c(c3ccccc13)C(CCl)CN2C(=O)c1cc2cc(CC(=O)c3cc4cc(CC(=O)CCSSC[C@H](CC(=O)[C@H](CC(=O)O)NC(=O)[C@H](CCCNC(=N)N)CC(=O)[C@H](C)NC(=O)CCCNC(=O)c5ccc(NCc6cnc7nc(N)[nH]c(=O)c7n6)cc5)C(=O)O)ccc4[nH]3)ccc2[nH]1. The third kappa shape index (κ3) is 20.7. The van der Waals surface area contributed by atoms with E-state index in [-0.39, 0.29) is 128 Å². The van der Waals surface area contributed by atoms with E-state index in [1.54, 1.807) is 59.5 Å². The maximum Gasteiger partial charge on any atom is 0.412 e. The van der Waals surface area contributed by atoms with Gasteiger partial charge in [0.15, 0.2) is 34.5 Å². The first-order chi connectivity index (χ1) is 51.8. The number of aromatic amines is 3. The van der Waals surface area contributed by atoms with Gasteiger partial charge in [-0.2, -0.15) is 4.98 Å². The van der Waals surface area contributed by atoms with Gasteiger partial charge in [0.1, 0.15) is 17.2 Å². The smallest absolute Gasteiger partial charge is 0.412 e. The lowest BCUT2D eigenvalue weighted by Gasteiger charge is -2.23. The van der Waals surface area contributed by atoms with Gasteiger partial charge in [-0.15, -0.1) is 11.6 Å². The molecule has 1 aliphatic rings. The van der Waals surface area contributed by atoms with Gasteiger partial charge in [-0.3, -0.25) is 63.1 Å². The molecule has 10 rings (SSSR count). The van der Waals surface area contributed by atoms with E-state index in [0.29, 0.717) is 84.6 Å². The van der Waals surface area contributed by atoms with Crippen LogP contribution in [0.2, 0.25) is 0 Å². The molecular weight excluding hydrogens is 1450 g/mol. The Kier molecular flexibility index (Phi) is 26.7. The van der Waals surface area contributed by atoms with Crippen LogP contribution in [0, 0.1) is 17.2 Å². The minimum absolute atomic E-state index is 0.00905. The second-order valence-corrected chi connectivity index (χ2v) is 28.9. The third-order valence-corrected chi connectivity index (χ3v) is 20.9. The van der Waals surface area contributed by atoms with Gasteiger partial charge in [0.25, 0.3) is 17.4 Å². The minimum atomic E-state index is -1.68. The second-order valence-electron chi connectivity index (χ2n) is 25.9. The number of carboxylic acid groups (broad SMARTS) is 2. The number of hydrogen-bond donors (Lipinski definition) is 14. The maximum absolute atomic E-state index is 14.3. The number of hydrogen-bond acceptors (Lipinski definition) is 21. The molecule has 16 N–H and O–H groups in total. The van der Waals surface area contributed by atoms with Crippen LogP contribution in [0.25, 0.3) is 43.7 Å². The summed E-state index contributed by atoms with van der Waals surface area (Å²) in [5.74, 6) is -9.11.